The van der Waals surface area contributed by atoms with Gasteiger partial charge in [0.2, 0.25) is 0 Å². The lowest BCUT2D eigenvalue weighted by molar-refractivity contribution is -0.193. The minimum atomic E-state index is -1.34. The fourth-order valence-corrected chi connectivity index (χ4v) is 2.76. The van der Waals surface area contributed by atoms with Gasteiger partial charge < -0.3 is 23.7 Å². The number of carbonyl (C=O) groups is 5. The lowest BCUT2D eigenvalue weighted by atomic mass is 10.0. The van der Waals surface area contributed by atoms with Crippen molar-refractivity contribution in [2.75, 3.05) is 0 Å². The predicted octanol–water partition coefficient (Wildman–Crippen LogP) is 1.16. The van der Waals surface area contributed by atoms with Gasteiger partial charge in [0.15, 0.2) is 18.3 Å². The first-order valence-electron chi connectivity index (χ1n) is 9.24. The highest BCUT2D eigenvalue weighted by molar-refractivity contribution is 5.83. The van der Waals surface area contributed by atoms with Crippen molar-refractivity contribution in [3.8, 4) is 0 Å². The topological polar surface area (TPSA) is 132 Å². The average molecular weight is 426 g/mol. The zero-order valence-electron chi connectivity index (χ0n) is 17.5. The molecule has 0 aliphatic carbocycles. The van der Waals surface area contributed by atoms with Crippen molar-refractivity contribution in [3.63, 3.8) is 0 Å². The quantitative estimate of drug-likeness (QED) is 0.300. The molecular formula is C20H26O10. The summed E-state index contributed by atoms with van der Waals surface area (Å²) in [5, 5.41) is 0. The fraction of sp³-hybridized carbons (Fsp3) is 0.550. The van der Waals surface area contributed by atoms with Gasteiger partial charge in [-0.15, -0.1) is 0 Å². The van der Waals surface area contributed by atoms with Crippen molar-refractivity contribution < 1.29 is 47.7 Å². The van der Waals surface area contributed by atoms with E-state index in [4.69, 9.17) is 23.7 Å². The molecule has 0 fully saturated rings. The molecule has 0 N–H and O–H groups in total. The molecule has 5 atom stereocenters. The fourth-order valence-electron chi connectivity index (χ4n) is 2.76. The summed E-state index contributed by atoms with van der Waals surface area (Å²) in [6, 6.07) is 0. The molecule has 0 aromatic carbocycles. The van der Waals surface area contributed by atoms with Crippen LogP contribution in [0.5, 0.6) is 0 Å². The molecule has 10 nitrogen and oxygen atoms in total. The first kappa shape index (κ1) is 24.9. The molecule has 1 aliphatic heterocycles. The Labute approximate surface area is 174 Å². The lowest BCUT2D eigenvalue weighted by Crippen LogP contribution is -2.50. The molecule has 0 radical (unpaired) electrons. The van der Waals surface area contributed by atoms with Crippen LogP contribution in [-0.4, -0.2) is 60.4 Å². The summed E-state index contributed by atoms with van der Waals surface area (Å²) in [6.07, 6.45) is 0.629. The Hall–Kier alpha value is -3.17. The summed E-state index contributed by atoms with van der Waals surface area (Å²) in [6.45, 7) is 6.00. The van der Waals surface area contributed by atoms with E-state index in [1.807, 2.05) is 0 Å². The third-order valence-corrected chi connectivity index (χ3v) is 3.77. The molecule has 30 heavy (non-hydrogen) atoms. The number of ether oxygens (including phenoxy) is 5. The third kappa shape index (κ3) is 8.89. The van der Waals surface area contributed by atoms with Gasteiger partial charge in [-0.25, -0.2) is 4.79 Å². The normalized spacial score (nSPS) is 19.8. The van der Waals surface area contributed by atoms with Gasteiger partial charge in [-0.3, -0.25) is 19.2 Å². The maximum atomic E-state index is 11.7. The van der Waals surface area contributed by atoms with Gasteiger partial charge in [0.05, 0.1) is 0 Å². The second kappa shape index (κ2) is 11.7. The van der Waals surface area contributed by atoms with Crippen LogP contribution in [0.3, 0.4) is 0 Å². The summed E-state index contributed by atoms with van der Waals surface area (Å²) < 4.78 is 26.0. The van der Waals surface area contributed by atoms with Crippen LogP contribution in [0, 0.1) is 0 Å². The van der Waals surface area contributed by atoms with Crippen molar-refractivity contribution in [2.24, 2.45) is 0 Å². The van der Waals surface area contributed by atoms with E-state index in [1.165, 1.54) is 25.2 Å². The molecule has 10 heteroatoms. The Morgan fingerprint density at radius 2 is 1.47 bits per heavy atom. The molecule has 0 saturated heterocycles. The van der Waals surface area contributed by atoms with E-state index >= 15 is 0 Å². The largest absolute Gasteiger partial charge is 0.459 e. The van der Waals surface area contributed by atoms with Gasteiger partial charge in [-0.2, -0.15) is 0 Å². The summed E-state index contributed by atoms with van der Waals surface area (Å²) in [5.41, 5.74) is 0. The molecule has 1 rings (SSSR count). The monoisotopic (exact) mass is 426 g/mol. The van der Waals surface area contributed by atoms with E-state index in [9.17, 15) is 24.0 Å². The minimum absolute atomic E-state index is 0.393. The van der Waals surface area contributed by atoms with Crippen LogP contribution in [0.4, 0.5) is 0 Å². The molecule has 1 aliphatic rings. The third-order valence-electron chi connectivity index (χ3n) is 3.77. The molecule has 166 valence electrons. The SMILES string of the molecule is CC(=O)O[C@H]([C@@H](OC(C)=O)[C@H](/C=C/[C@H]1CC=CC(=O)O1)OC(C)=O)[C@H](C)OC(C)=O. The van der Waals surface area contributed by atoms with E-state index in [0.29, 0.717) is 6.42 Å². The second-order valence-corrected chi connectivity index (χ2v) is 6.54. The lowest BCUT2D eigenvalue weighted by Gasteiger charge is -2.33. The van der Waals surface area contributed by atoms with Crippen molar-refractivity contribution in [2.45, 2.75) is 71.6 Å². The number of esters is 5. The molecule has 0 aromatic rings. The van der Waals surface area contributed by atoms with E-state index < -0.39 is 60.4 Å². The Bertz CT molecular complexity index is 723. The van der Waals surface area contributed by atoms with Crippen LogP contribution < -0.4 is 0 Å². The van der Waals surface area contributed by atoms with Crippen molar-refractivity contribution in [1.29, 1.82) is 0 Å². The van der Waals surface area contributed by atoms with Gasteiger partial charge in [0.25, 0.3) is 0 Å². The number of carbonyl (C=O) groups excluding carboxylic acids is 5. The first-order chi connectivity index (χ1) is 14.0. The smallest absolute Gasteiger partial charge is 0.331 e. The number of hydrogen-bond acceptors (Lipinski definition) is 10. The number of cyclic esters (lactones) is 1. The van der Waals surface area contributed by atoms with Crippen LogP contribution in [0.2, 0.25) is 0 Å². The zero-order valence-corrected chi connectivity index (χ0v) is 17.5. The molecule has 0 amide bonds. The maximum absolute atomic E-state index is 11.7. The van der Waals surface area contributed by atoms with E-state index in [2.05, 4.69) is 0 Å². The second-order valence-electron chi connectivity index (χ2n) is 6.54. The standard InChI is InChI=1S/C20H26O10/c1-11(26-12(2)21)19(28-14(4)23)20(29-15(5)24)17(27-13(3)22)10-9-16-7-6-8-18(25)30-16/h6,8-11,16-17,19-20H,7H2,1-5H3/b10-9+/t11-,16+,17-,19-,20-/m0/s1. The predicted molar refractivity (Wildman–Crippen MR) is 101 cm³/mol. The van der Waals surface area contributed by atoms with Crippen LogP contribution in [0.15, 0.2) is 24.3 Å². The summed E-state index contributed by atoms with van der Waals surface area (Å²) in [5.74, 6) is -3.36. The number of hydrogen-bond donors (Lipinski definition) is 0. The van der Waals surface area contributed by atoms with Gasteiger partial charge in [-0.05, 0) is 19.1 Å². The molecule has 0 unspecified atom stereocenters. The van der Waals surface area contributed by atoms with Crippen LogP contribution >= 0.6 is 0 Å². The van der Waals surface area contributed by atoms with Crippen LogP contribution in [0.25, 0.3) is 0 Å². The zero-order chi connectivity index (χ0) is 22.8. The highest BCUT2D eigenvalue weighted by Crippen LogP contribution is 2.21. The molecule has 0 bridgehead atoms. The van der Waals surface area contributed by atoms with Crippen molar-refractivity contribution in [1.82, 2.24) is 0 Å². The maximum Gasteiger partial charge on any atom is 0.331 e. The Morgan fingerprint density at radius 3 is 1.97 bits per heavy atom. The summed E-state index contributed by atoms with van der Waals surface area (Å²) >= 11 is 0. The van der Waals surface area contributed by atoms with Crippen molar-refractivity contribution in [3.05, 3.63) is 24.3 Å². The molecular weight excluding hydrogens is 400 g/mol. The molecule has 0 aromatic heterocycles. The van der Waals surface area contributed by atoms with E-state index in [0.717, 1.165) is 27.7 Å². The van der Waals surface area contributed by atoms with Gasteiger partial charge in [-0.1, -0.05) is 6.08 Å². The van der Waals surface area contributed by atoms with Crippen LogP contribution in [0.1, 0.15) is 41.0 Å². The van der Waals surface area contributed by atoms with E-state index in [-0.39, 0.29) is 0 Å². The minimum Gasteiger partial charge on any atom is -0.459 e. The summed E-state index contributed by atoms with van der Waals surface area (Å²) in [4.78, 5) is 57.8. The molecule has 0 saturated carbocycles. The Kier molecular flexibility index (Phi) is 9.73. The first-order valence-corrected chi connectivity index (χ1v) is 9.24. The van der Waals surface area contributed by atoms with Crippen LogP contribution in [-0.2, 0) is 47.7 Å². The summed E-state index contributed by atoms with van der Waals surface area (Å²) in [7, 11) is 0. The Morgan fingerprint density at radius 1 is 0.933 bits per heavy atom. The highest BCUT2D eigenvalue weighted by Gasteiger charge is 2.40. The molecule has 1 heterocycles. The average Bonchev–Trinajstić information content (AvgIpc) is 2.60. The van der Waals surface area contributed by atoms with Gasteiger partial charge in [0, 0.05) is 40.2 Å². The van der Waals surface area contributed by atoms with E-state index in [1.54, 1.807) is 6.08 Å². The van der Waals surface area contributed by atoms with Gasteiger partial charge in [0.1, 0.15) is 12.2 Å². The Balaban J connectivity index is 3.26. The number of rotatable bonds is 9. The highest BCUT2D eigenvalue weighted by atomic mass is 16.6. The molecule has 0 spiro atoms. The van der Waals surface area contributed by atoms with Gasteiger partial charge >= 0.3 is 29.8 Å². The van der Waals surface area contributed by atoms with Crippen molar-refractivity contribution >= 4 is 29.8 Å².